The highest BCUT2D eigenvalue weighted by molar-refractivity contribution is 5.72. The van der Waals surface area contributed by atoms with Gasteiger partial charge in [0.2, 0.25) is 5.91 Å². The van der Waals surface area contributed by atoms with Crippen LogP contribution in [0.4, 0.5) is 0 Å². The maximum Gasteiger partial charge on any atom is 0.216 e. The molecule has 82 valence electrons. The summed E-state index contributed by atoms with van der Waals surface area (Å²) in [5.41, 5.74) is 0. The highest BCUT2D eigenvalue weighted by Crippen LogP contribution is 2.06. The lowest BCUT2D eigenvalue weighted by Crippen LogP contribution is -2.33. The van der Waals surface area contributed by atoms with Crippen LogP contribution in [0.3, 0.4) is 0 Å². The molecule has 0 aliphatic carbocycles. The maximum absolute atomic E-state index is 10.5. The SMILES string of the molecule is CC(=O)NCCCOC1CCNCC1. The minimum Gasteiger partial charge on any atom is -0.378 e. The van der Waals surface area contributed by atoms with E-state index < -0.39 is 0 Å². The summed E-state index contributed by atoms with van der Waals surface area (Å²) in [5.74, 6) is 0.0341. The number of piperidine rings is 1. The Morgan fingerprint density at radius 3 is 2.86 bits per heavy atom. The minimum atomic E-state index is 0.0341. The summed E-state index contributed by atoms with van der Waals surface area (Å²) in [6, 6.07) is 0. The van der Waals surface area contributed by atoms with Crippen molar-refractivity contribution in [2.45, 2.75) is 32.3 Å². The number of amides is 1. The molecule has 1 fully saturated rings. The van der Waals surface area contributed by atoms with Crippen LogP contribution >= 0.6 is 0 Å². The zero-order valence-electron chi connectivity index (χ0n) is 8.84. The van der Waals surface area contributed by atoms with E-state index in [1.807, 2.05) is 0 Å². The lowest BCUT2D eigenvalue weighted by atomic mass is 10.1. The topological polar surface area (TPSA) is 50.4 Å². The van der Waals surface area contributed by atoms with Crippen LogP contribution in [0.15, 0.2) is 0 Å². The van der Waals surface area contributed by atoms with Crippen LogP contribution in [-0.4, -0.2) is 38.3 Å². The van der Waals surface area contributed by atoms with Crippen molar-refractivity contribution in [3.63, 3.8) is 0 Å². The third-order valence-corrected chi connectivity index (χ3v) is 2.33. The molecule has 0 aromatic heterocycles. The quantitative estimate of drug-likeness (QED) is 0.627. The molecule has 1 aliphatic rings. The average Bonchev–Trinajstić information content (AvgIpc) is 2.18. The molecule has 0 aromatic carbocycles. The normalized spacial score (nSPS) is 18.1. The Morgan fingerprint density at radius 2 is 2.21 bits per heavy atom. The third kappa shape index (κ3) is 5.19. The zero-order valence-corrected chi connectivity index (χ0v) is 8.84. The van der Waals surface area contributed by atoms with Gasteiger partial charge in [0, 0.05) is 20.1 Å². The van der Waals surface area contributed by atoms with Gasteiger partial charge in [-0.25, -0.2) is 0 Å². The van der Waals surface area contributed by atoms with Crippen molar-refractivity contribution in [2.75, 3.05) is 26.2 Å². The van der Waals surface area contributed by atoms with E-state index >= 15 is 0 Å². The smallest absolute Gasteiger partial charge is 0.216 e. The number of carbonyl (C=O) groups excluding carboxylic acids is 1. The molecule has 0 unspecified atom stereocenters. The van der Waals surface area contributed by atoms with Gasteiger partial charge >= 0.3 is 0 Å². The van der Waals surface area contributed by atoms with E-state index in [1.165, 1.54) is 6.92 Å². The lowest BCUT2D eigenvalue weighted by Gasteiger charge is -2.22. The first-order valence-electron chi connectivity index (χ1n) is 5.36. The van der Waals surface area contributed by atoms with Crippen LogP contribution in [-0.2, 0) is 9.53 Å². The number of nitrogens with one attached hydrogen (secondary N) is 2. The molecular formula is C10H20N2O2. The van der Waals surface area contributed by atoms with E-state index in [0.29, 0.717) is 6.10 Å². The molecular weight excluding hydrogens is 180 g/mol. The number of hydrogen-bond donors (Lipinski definition) is 2. The average molecular weight is 200 g/mol. The van der Waals surface area contributed by atoms with Crippen molar-refractivity contribution in [3.8, 4) is 0 Å². The van der Waals surface area contributed by atoms with Crippen LogP contribution < -0.4 is 10.6 Å². The Hall–Kier alpha value is -0.610. The molecule has 0 atom stereocenters. The molecule has 0 spiro atoms. The van der Waals surface area contributed by atoms with Crippen molar-refractivity contribution in [1.82, 2.24) is 10.6 Å². The van der Waals surface area contributed by atoms with Crippen LogP contribution in [0, 0.1) is 0 Å². The van der Waals surface area contributed by atoms with Gasteiger partial charge in [0.1, 0.15) is 0 Å². The summed E-state index contributed by atoms with van der Waals surface area (Å²) in [7, 11) is 0. The second-order valence-electron chi connectivity index (χ2n) is 3.66. The van der Waals surface area contributed by atoms with E-state index in [2.05, 4.69) is 10.6 Å². The molecule has 4 heteroatoms. The summed E-state index contributed by atoms with van der Waals surface area (Å²) in [4.78, 5) is 10.5. The largest absolute Gasteiger partial charge is 0.378 e. The van der Waals surface area contributed by atoms with Gasteiger partial charge in [0.05, 0.1) is 6.10 Å². The van der Waals surface area contributed by atoms with E-state index in [0.717, 1.165) is 45.5 Å². The molecule has 0 bridgehead atoms. The maximum atomic E-state index is 10.5. The van der Waals surface area contributed by atoms with E-state index in [4.69, 9.17) is 4.74 Å². The Balaban J connectivity index is 1.90. The predicted molar refractivity (Wildman–Crippen MR) is 55.1 cm³/mol. The van der Waals surface area contributed by atoms with Crippen LogP contribution in [0.5, 0.6) is 0 Å². The molecule has 0 radical (unpaired) electrons. The van der Waals surface area contributed by atoms with Crippen molar-refractivity contribution in [3.05, 3.63) is 0 Å². The van der Waals surface area contributed by atoms with Crippen molar-refractivity contribution in [1.29, 1.82) is 0 Å². The van der Waals surface area contributed by atoms with Gasteiger partial charge in [-0.05, 0) is 32.4 Å². The van der Waals surface area contributed by atoms with Crippen molar-refractivity contribution in [2.24, 2.45) is 0 Å². The van der Waals surface area contributed by atoms with Gasteiger partial charge < -0.3 is 15.4 Å². The van der Waals surface area contributed by atoms with Gasteiger partial charge in [-0.3, -0.25) is 4.79 Å². The molecule has 1 amide bonds. The Labute approximate surface area is 85.4 Å². The van der Waals surface area contributed by atoms with Crippen molar-refractivity contribution < 1.29 is 9.53 Å². The summed E-state index contributed by atoms with van der Waals surface area (Å²) >= 11 is 0. The molecule has 4 nitrogen and oxygen atoms in total. The van der Waals surface area contributed by atoms with E-state index in [-0.39, 0.29) is 5.91 Å². The molecule has 1 rings (SSSR count). The van der Waals surface area contributed by atoms with Crippen LogP contribution in [0.25, 0.3) is 0 Å². The number of hydrogen-bond acceptors (Lipinski definition) is 3. The summed E-state index contributed by atoms with van der Waals surface area (Å²) < 4.78 is 5.67. The third-order valence-electron chi connectivity index (χ3n) is 2.33. The molecule has 0 aromatic rings. The first-order valence-corrected chi connectivity index (χ1v) is 5.36. The molecule has 1 saturated heterocycles. The van der Waals surface area contributed by atoms with E-state index in [9.17, 15) is 4.79 Å². The zero-order chi connectivity index (χ0) is 10.2. The first kappa shape index (κ1) is 11.5. The van der Waals surface area contributed by atoms with Crippen molar-refractivity contribution >= 4 is 5.91 Å². The van der Waals surface area contributed by atoms with Crippen LogP contribution in [0.1, 0.15) is 26.2 Å². The summed E-state index contributed by atoms with van der Waals surface area (Å²) in [6.45, 7) is 5.14. The molecule has 14 heavy (non-hydrogen) atoms. The fourth-order valence-corrected chi connectivity index (χ4v) is 1.55. The predicted octanol–water partition coefficient (Wildman–Crippen LogP) is 0.281. The molecule has 2 N–H and O–H groups in total. The standard InChI is InChI=1S/C10H20N2O2/c1-9(13)12-5-2-8-14-10-3-6-11-7-4-10/h10-11H,2-8H2,1H3,(H,12,13). The fourth-order valence-electron chi connectivity index (χ4n) is 1.55. The number of carbonyl (C=O) groups is 1. The number of rotatable bonds is 5. The number of ether oxygens (including phenoxy) is 1. The van der Waals surface area contributed by atoms with Gasteiger partial charge in [0.15, 0.2) is 0 Å². The highest BCUT2D eigenvalue weighted by atomic mass is 16.5. The van der Waals surface area contributed by atoms with Gasteiger partial charge in [0.25, 0.3) is 0 Å². The van der Waals surface area contributed by atoms with Crippen LogP contribution in [0.2, 0.25) is 0 Å². The second kappa shape index (κ2) is 6.79. The lowest BCUT2D eigenvalue weighted by molar-refractivity contribution is -0.119. The fraction of sp³-hybridized carbons (Fsp3) is 0.900. The minimum absolute atomic E-state index is 0.0341. The van der Waals surface area contributed by atoms with E-state index in [1.54, 1.807) is 0 Å². The summed E-state index contributed by atoms with van der Waals surface area (Å²) in [5, 5.41) is 6.05. The summed E-state index contributed by atoms with van der Waals surface area (Å²) in [6.07, 6.45) is 3.55. The Morgan fingerprint density at radius 1 is 1.50 bits per heavy atom. The van der Waals surface area contributed by atoms with Gasteiger partial charge in [-0.2, -0.15) is 0 Å². The molecule has 1 aliphatic heterocycles. The Bertz CT molecular complexity index is 168. The van der Waals surface area contributed by atoms with Gasteiger partial charge in [-0.1, -0.05) is 0 Å². The molecule has 1 heterocycles. The molecule has 0 saturated carbocycles. The second-order valence-corrected chi connectivity index (χ2v) is 3.66. The highest BCUT2D eigenvalue weighted by Gasteiger charge is 2.12. The monoisotopic (exact) mass is 200 g/mol. The van der Waals surface area contributed by atoms with Gasteiger partial charge in [-0.15, -0.1) is 0 Å². The Kier molecular flexibility index (Phi) is 5.56. The first-order chi connectivity index (χ1) is 6.79.